The second-order valence-corrected chi connectivity index (χ2v) is 9.01. The van der Waals surface area contributed by atoms with Crippen LogP contribution in [0.2, 0.25) is 0 Å². The number of anilines is 1. The maximum absolute atomic E-state index is 12.5. The van der Waals surface area contributed by atoms with E-state index in [9.17, 15) is 4.79 Å². The van der Waals surface area contributed by atoms with Crippen LogP contribution in [-0.4, -0.2) is 32.2 Å². The molecule has 2 aromatic carbocycles. The van der Waals surface area contributed by atoms with Gasteiger partial charge in [-0.2, -0.15) is 5.10 Å². The lowest BCUT2D eigenvalue weighted by molar-refractivity contribution is -0.121. The summed E-state index contributed by atoms with van der Waals surface area (Å²) in [4.78, 5) is 21.2. The van der Waals surface area contributed by atoms with Gasteiger partial charge >= 0.3 is 0 Å². The molecule has 0 saturated heterocycles. The first-order valence-corrected chi connectivity index (χ1v) is 11.2. The number of rotatable bonds is 8. The molecular weight excluding hydrogens is 412 g/mol. The van der Waals surface area contributed by atoms with Crippen LogP contribution in [0.5, 0.6) is 0 Å². The van der Waals surface area contributed by atoms with Crippen molar-refractivity contribution in [3.8, 4) is 11.3 Å². The zero-order chi connectivity index (χ0) is 23.4. The van der Waals surface area contributed by atoms with Crippen LogP contribution in [0.4, 0.5) is 5.82 Å². The summed E-state index contributed by atoms with van der Waals surface area (Å²) in [5.41, 5.74) is 10.5. The standard InChI is InChI=1S/C26H30N6O/c1-18-12-14-20(15-13-18)23-22-24(27)29-17-30-25(22)32(31-23)26(2,3)16-28-21(33)11-7-10-19-8-5-4-6-9-19/h4-6,8-9,12-15,17H,7,10-11,16H2,1-3H3,(H,28,33)(H2,27,29,30). The Balaban J connectivity index is 1.50. The van der Waals surface area contributed by atoms with Crippen molar-refractivity contribution in [3.63, 3.8) is 0 Å². The van der Waals surface area contributed by atoms with E-state index in [0.717, 1.165) is 29.5 Å². The molecule has 33 heavy (non-hydrogen) atoms. The minimum Gasteiger partial charge on any atom is -0.383 e. The van der Waals surface area contributed by atoms with Gasteiger partial charge in [0.25, 0.3) is 0 Å². The molecule has 0 radical (unpaired) electrons. The van der Waals surface area contributed by atoms with Gasteiger partial charge in [0.05, 0.1) is 10.9 Å². The number of aromatic nitrogens is 4. The first-order chi connectivity index (χ1) is 15.8. The number of amides is 1. The molecule has 1 amide bonds. The third kappa shape index (κ3) is 5.03. The van der Waals surface area contributed by atoms with E-state index < -0.39 is 5.54 Å². The van der Waals surface area contributed by atoms with E-state index in [-0.39, 0.29) is 5.91 Å². The van der Waals surface area contributed by atoms with Crippen molar-refractivity contribution in [2.24, 2.45) is 0 Å². The molecule has 0 aliphatic heterocycles. The molecule has 0 aliphatic rings. The van der Waals surface area contributed by atoms with E-state index in [1.54, 1.807) is 0 Å². The number of aryl methyl sites for hydroxylation is 2. The number of nitrogens with zero attached hydrogens (tertiary/aromatic N) is 4. The van der Waals surface area contributed by atoms with Gasteiger partial charge < -0.3 is 11.1 Å². The Hall–Kier alpha value is -3.74. The third-order valence-electron chi connectivity index (χ3n) is 5.82. The van der Waals surface area contributed by atoms with E-state index in [1.807, 2.05) is 67.9 Å². The Kier molecular flexibility index (Phi) is 6.40. The number of hydrogen-bond acceptors (Lipinski definition) is 5. The van der Waals surface area contributed by atoms with E-state index in [0.29, 0.717) is 24.4 Å². The van der Waals surface area contributed by atoms with Gasteiger partial charge in [0.1, 0.15) is 17.8 Å². The van der Waals surface area contributed by atoms with Crippen molar-refractivity contribution < 1.29 is 4.79 Å². The van der Waals surface area contributed by atoms with Gasteiger partial charge in [-0.25, -0.2) is 14.6 Å². The van der Waals surface area contributed by atoms with Crippen LogP contribution >= 0.6 is 0 Å². The Morgan fingerprint density at radius 3 is 2.52 bits per heavy atom. The maximum Gasteiger partial charge on any atom is 0.220 e. The molecule has 4 rings (SSSR count). The summed E-state index contributed by atoms with van der Waals surface area (Å²) in [5.74, 6) is 0.422. The molecule has 4 aromatic rings. The largest absolute Gasteiger partial charge is 0.383 e. The van der Waals surface area contributed by atoms with Crippen molar-refractivity contribution in [2.45, 2.75) is 45.6 Å². The van der Waals surface area contributed by atoms with E-state index in [4.69, 9.17) is 10.8 Å². The second kappa shape index (κ2) is 9.40. The molecule has 2 heterocycles. The Morgan fingerprint density at radius 2 is 1.79 bits per heavy atom. The van der Waals surface area contributed by atoms with Gasteiger partial charge in [0.15, 0.2) is 5.65 Å². The highest BCUT2D eigenvalue weighted by Gasteiger charge is 2.28. The number of benzene rings is 2. The predicted molar refractivity (Wildman–Crippen MR) is 132 cm³/mol. The monoisotopic (exact) mass is 442 g/mol. The normalized spacial score (nSPS) is 11.6. The topological polar surface area (TPSA) is 98.7 Å². The number of carbonyl (C=O) groups is 1. The first kappa shape index (κ1) is 22.5. The number of carbonyl (C=O) groups excluding carboxylic acids is 1. The summed E-state index contributed by atoms with van der Waals surface area (Å²) < 4.78 is 1.85. The van der Waals surface area contributed by atoms with Crippen molar-refractivity contribution in [2.75, 3.05) is 12.3 Å². The smallest absolute Gasteiger partial charge is 0.220 e. The average molecular weight is 443 g/mol. The van der Waals surface area contributed by atoms with Crippen LogP contribution in [-0.2, 0) is 16.8 Å². The highest BCUT2D eigenvalue weighted by atomic mass is 16.1. The lowest BCUT2D eigenvalue weighted by Gasteiger charge is -2.26. The molecular formula is C26H30N6O. The van der Waals surface area contributed by atoms with Crippen molar-refractivity contribution in [1.82, 2.24) is 25.1 Å². The highest BCUT2D eigenvalue weighted by molar-refractivity contribution is 5.98. The Bertz CT molecular complexity index is 1250. The van der Waals surface area contributed by atoms with Crippen LogP contribution in [0.25, 0.3) is 22.3 Å². The van der Waals surface area contributed by atoms with Crippen molar-refractivity contribution in [3.05, 3.63) is 72.1 Å². The highest BCUT2D eigenvalue weighted by Crippen LogP contribution is 2.33. The van der Waals surface area contributed by atoms with Crippen LogP contribution in [0.1, 0.15) is 37.8 Å². The van der Waals surface area contributed by atoms with E-state index in [1.165, 1.54) is 17.5 Å². The molecule has 7 heteroatoms. The molecule has 2 aromatic heterocycles. The zero-order valence-electron chi connectivity index (χ0n) is 19.4. The molecule has 7 nitrogen and oxygen atoms in total. The summed E-state index contributed by atoms with van der Waals surface area (Å²) in [6.07, 6.45) is 3.63. The molecule has 0 unspecified atom stereocenters. The molecule has 170 valence electrons. The molecule has 3 N–H and O–H groups in total. The average Bonchev–Trinajstić information content (AvgIpc) is 3.21. The number of nitrogens with two attached hydrogens (primary N) is 1. The minimum atomic E-state index is -0.517. The van der Waals surface area contributed by atoms with Crippen molar-refractivity contribution >= 4 is 22.8 Å². The maximum atomic E-state index is 12.5. The van der Waals surface area contributed by atoms with Gasteiger partial charge in [0.2, 0.25) is 5.91 Å². The number of hydrogen-bond donors (Lipinski definition) is 2. The lowest BCUT2D eigenvalue weighted by atomic mass is 10.1. The molecule has 0 spiro atoms. The summed E-state index contributed by atoms with van der Waals surface area (Å²) in [7, 11) is 0. The van der Waals surface area contributed by atoms with Gasteiger partial charge in [0, 0.05) is 18.5 Å². The van der Waals surface area contributed by atoms with Crippen LogP contribution < -0.4 is 11.1 Å². The molecule has 0 aliphatic carbocycles. The molecule has 0 saturated carbocycles. The van der Waals surface area contributed by atoms with Crippen LogP contribution in [0, 0.1) is 6.92 Å². The zero-order valence-corrected chi connectivity index (χ0v) is 19.4. The van der Waals surface area contributed by atoms with Crippen LogP contribution in [0.15, 0.2) is 60.9 Å². The van der Waals surface area contributed by atoms with Gasteiger partial charge in [-0.15, -0.1) is 0 Å². The minimum absolute atomic E-state index is 0.0309. The van der Waals surface area contributed by atoms with Crippen molar-refractivity contribution in [1.29, 1.82) is 0 Å². The Labute approximate surface area is 194 Å². The van der Waals surface area contributed by atoms with Gasteiger partial charge in [-0.05, 0) is 39.2 Å². The fraction of sp³-hybridized carbons (Fsp3) is 0.308. The Morgan fingerprint density at radius 1 is 1.06 bits per heavy atom. The van der Waals surface area contributed by atoms with E-state index >= 15 is 0 Å². The van der Waals surface area contributed by atoms with Gasteiger partial charge in [-0.1, -0.05) is 60.2 Å². The summed E-state index contributed by atoms with van der Waals surface area (Å²) >= 11 is 0. The van der Waals surface area contributed by atoms with E-state index in [2.05, 4.69) is 27.4 Å². The molecule has 0 bridgehead atoms. The number of nitrogen functional groups attached to an aromatic ring is 1. The summed E-state index contributed by atoms with van der Waals surface area (Å²) in [6, 6.07) is 18.3. The SMILES string of the molecule is Cc1ccc(-c2nn(C(C)(C)CNC(=O)CCCc3ccccc3)c3ncnc(N)c23)cc1. The summed E-state index contributed by atoms with van der Waals surface area (Å²) in [5, 5.41) is 8.68. The molecule has 0 fully saturated rings. The predicted octanol–water partition coefficient (Wildman–Crippen LogP) is 4.26. The van der Waals surface area contributed by atoms with Crippen LogP contribution in [0.3, 0.4) is 0 Å². The second-order valence-electron chi connectivity index (χ2n) is 9.01. The third-order valence-corrected chi connectivity index (χ3v) is 5.82. The fourth-order valence-corrected chi connectivity index (χ4v) is 3.89. The fourth-order valence-electron chi connectivity index (χ4n) is 3.89. The summed E-state index contributed by atoms with van der Waals surface area (Å²) in [6.45, 7) is 6.52. The number of fused-ring (bicyclic) bond motifs is 1. The number of nitrogens with one attached hydrogen (secondary N) is 1. The first-order valence-electron chi connectivity index (χ1n) is 11.2. The molecule has 0 atom stereocenters. The quantitative estimate of drug-likeness (QED) is 0.425. The van der Waals surface area contributed by atoms with Gasteiger partial charge in [-0.3, -0.25) is 4.79 Å². The lowest BCUT2D eigenvalue weighted by Crippen LogP contribution is -2.41.